The normalized spacial score (nSPS) is 26.0. The minimum Gasteiger partial charge on any atom is -0.474 e. The number of fused-ring (bicyclic) bond motifs is 3. The highest BCUT2D eigenvalue weighted by atomic mass is 32.1. The molecular weight excluding hydrogens is 378 g/mol. The van der Waals surface area contributed by atoms with Crippen LogP contribution >= 0.6 is 24.8 Å². The highest BCUT2D eigenvalue weighted by Crippen LogP contribution is 2.47. The van der Waals surface area contributed by atoms with Crippen LogP contribution < -0.4 is 4.74 Å². The second-order valence-electron chi connectivity index (χ2n) is 7.93. The Kier molecular flexibility index (Phi) is 6.66. The molecule has 2 heterocycles. The Morgan fingerprint density at radius 3 is 2.63 bits per heavy atom. The van der Waals surface area contributed by atoms with Crippen LogP contribution in [0.15, 0.2) is 6.33 Å². The van der Waals surface area contributed by atoms with Crippen molar-refractivity contribution in [1.29, 1.82) is 0 Å². The number of aliphatic hydroxyl groups is 1. The molecule has 1 unspecified atom stereocenters. The Balaban J connectivity index is 0.00000210. The summed E-state index contributed by atoms with van der Waals surface area (Å²) in [6.45, 7) is 2.05. The zero-order valence-electron chi connectivity index (χ0n) is 16.4. The molecule has 0 bridgehead atoms. The Labute approximate surface area is 172 Å². The van der Waals surface area contributed by atoms with Crippen molar-refractivity contribution in [1.82, 2.24) is 14.9 Å². The third-order valence-corrected chi connectivity index (χ3v) is 7.33. The predicted molar refractivity (Wildman–Crippen MR) is 116 cm³/mol. The zero-order chi connectivity index (χ0) is 18.3. The molecular formula is C20H31N3O2S2. The molecule has 150 valence electrons. The summed E-state index contributed by atoms with van der Waals surface area (Å²) < 4.78 is 6.40. The maximum Gasteiger partial charge on any atom is 0.225 e. The molecule has 0 radical (unpaired) electrons. The molecule has 2 atom stereocenters. The van der Waals surface area contributed by atoms with Crippen molar-refractivity contribution in [3.63, 3.8) is 0 Å². The first-order valence-corrected chi connectivity index (χ1v) is 10.7. The van der Waals surface area contributed by atoms with Gasteiger partial charge in [0.1, 0.15) is 17.3 Å². The largest absolute Gasteiger partial charge is 0.474 e. The van der Waals surface area contributed by atoms with Crippen molar-refractivity contribution >= 4 is 35.0 Å². The minimum absolute atomic E-state index is 0. The van der Waals surface area contributed by atoms with Crippen LogP contribution in [0, 0.1) is 0 Å². The molecule has 4 rings (SSSR count). The van der Waals surface area contributed by atoms with Crippen LogP contribution in [0.5, 0.6) is 5.88 Å². The Bertz CT molecular complexity index is 772. The number of ether oxygens (including phenoxy) is 1. The molecule has 0 spiro atoms. The fourth-order valence-electron chi connectivity index (χ4n) is 4.58. The van der Waals surface area contributed by atoms with Gasteiger partial charge in [-0.25, -0.2) is 9.97 Å². The first-order chi connectivity index (χ1) is 12.6. The van der Waals surface area contributed by atoms with Gasteiger partial charge in [0.25, 0.3) is 0 Å². The topological polar surface area (TPSA) is 58.5 Å². The van der Waals surface area contributed by atoms with Crippen molar-refractivity contribution < 1.29 is 9.84 Å². The van der Waals surface area contributed by atoms with Gasteiger partial charge in [-0.3, -0.25) is 0 Å². The van der Waals surface area contributed by atoms with Crippen LogP contribution in [0.4, 0.5) is 0 Å². The third kappa shape index (κ3) is 3.97. The lowest BCUT2D eigenvalue weighted by Crippen LogP contribution is -2.35. The van der Waals surface area contributed by atoms with Gasteiger partial charge in [0.05, 0.1) is 11.5 Å². The summed E-state index contributed by atoms with van der Waals surface area (Å²) in [4.78, 5) is 13.7. The average Bonchev–Trinajstić information content (AvgIpc) is 3.21. The highest BCUT2D eigenvalue weighted by Gasteiger charge is 2.34. The van der Waals surface area contributed by atoms with Gasteiger partial charge < -0.3 is 14.7 Å². The predicted octanol–water partition coefficient (Wildman–Crippen LogP) is 3.86. The summed E-state index contributed by atoms with van der Waals surface area (Å²) >= 11 is 1.75. The lowest BCUT2D eigenvalue weighted by molar-refractivity contribution is 0.108. The summed E-state index contributed by atoms with van der Waals surface area (Å²) in [6, 6.07) is 0.662. The Morgan fingerprint density at radius 2 is 1.96 bits per heavy atom. The van der Waals surface area contributed by atoms with Gasteiger partial charge >= 0.3 is 0 Å². The molecule has 1 N–H and O–H groups in total. The molecule has 0 saturated heterocycles. The van der Waals surface area contributed by atoms with Crippen LogP contribution in [0.3, 0.4) is 0 Å². The molecule has 0 aliphatic heterocycles. The summed E-state index contributed by atoms with van der Waals surface area (Å²) in [5, 5.41) is 11.6. The summed E-state index contributed by atoms with van der Waals surface area (Å²) in [7, 11) is 4.32. The summed E-state index contributed by atoms with van der Waals surface area (Å²) in [5.74, 6) is 0.928. The van der Waals surface area contributed by atoms with Gasteiger partial charge in [-0.05, 0) is 64.6 Å². The molecule has 1 fully saturated rings. The van der Waals surface area contributed by atoms with Gasteiger partial charge in [-0.1, -0.05) is 6.92 Å². The second-order valence-corrected chi connectivity index (χ2v) is 9.01. The highest BCUT2D eigenvalue weighted by molar-refractivity contribution is 7.59. The maximum atomic E-state index is 10.5. The van der Waals surface area contributed by atoms with Gasteiger partial charge in [-0.15, -0.1) is 11.3 Å². The number of aromatic nitrogens is 2. The van der Waals surface area contributed by atoms with E-state index < -0.39 is 0 Å². The van der Waals surface area contributed by atoms with E-state index in [0.717, 1.165) is 48.2 Å². The van der Waals surface area contributed by atoms with E-state index in [-0.39, 0.29) is 31.6 Å². The number of hydrogen-bond donors (Lipinski definition) is 1. The van der Waals surface area contributed by atoms with E-state index in [1.165, 1.54) is 23.3 Å². The van der Waals surface area contributed by atoms with E-state index in [1.807, 2.05) is 6.92 Å². The Hall–Kier alpha value is -0.890. The van der Waals surface area contributed by atoms with Crippen molar-refractivity contribution in [3.05, 3.63) is 16.8 Å². The standard InChI is InChI=1S/C20H29N3O2S.H2S/c1-4-15(24)14-9-10-16-17(14)18-19(21-11-22-20(18)26-16)25-13-7-5-12(6-8-13)23(2)3;/h11-15,24H,4-10H2,1-3H3;1H2/t12?,13?,14-,15?;/m1./s1. The number of aliphatic hydroxyl groups excluding tert-OH is 1. The molecule has 5 nitrogen and oxygen atoms in total. The van der Waals surface area contributed by atoms with Crippen molar-refractivity contribution in [3.8, 4) is 5.88 Å². The Morgan fingerprint density at radius 1 is 1.22 bits per heavy atom. The number of rotatable bonds is 5. The van der Waals surface area contributed by atoms with Gasteiger partial charge in [0.15, 0.2) is 0 Å². The minimum atomic E-state index is -0.294. The van der Waals surface area contributed by atoms with Gasteiger partial charge in [0.2, 0.25) is 5.88 Å². The van der Waals surface area contributed by atoms with E-state index in [9.17, 15) is 5.11 Å². The molecule has 27 heavy (non-hydrogen) atoms. The molecule has 1 saturated carbocycles. The zero-order valence-corrected chi connectivity index (χ0v) is 18.3. The fourth-order valence-corrected chi connectivity index (χ4v) is 5.79. The lowest BCUT2D eigenvalue weighted by atomic mass is 9.92. The van der Waals surface area contributed by atoms with Gasteiger partial charge in [0, 0.05) is 16.8 Å². The van der Waals surface area contributed by atoms with Crippen LogP contribution in [-0.2, 0) is 6.42 Å². The summed E-state index contributed by atoms with van der Waals surface area (Å²) in [6.07, 6.45) is 8.88. The SMILES string of the molecule is CCC(O)[C@H]1CCc2sc3ncnc(OC4CCC(N(C)C)CC4)c3c21.S. The van der Waals surface area contributed by atoms with Crippen LogP contribution in [-0.4, -0.2) is 52.3 Å². The van der Waals surface area contributed by atoms with Crippen molar-refractivity contribution in [2.24, 2.45) is 0 Å². The van der Waals surface area contributed by atoms with Crippen LogP contribution in [0.25, 0.3) is 10.2 Å². The third-order valence-electron chi connectivity index (χ3n) is 6.16. The van der Waals surface area contributed by atoms with Gasteiger partial charge in [-0.2, -0.15) is 13.5 Å². The van der Waals surface area contributed by atoms with Crippen molar-refractivity contribution in [2.45, 2.75) is 76.0 Å². The number of thiophene rings is 1. The molecule has 0 aromatic carbocycles. The number of hydrogen-bond acceptors (Lipinski definition) is 6. The molecule has 7 heteroatoms. The molecule has 2 aromatic heterocycles. The van der Waals surface area contributed by atoms with Crippen LogP contribution in [0.1, 0.15) is 61.8 Å². The van der Waals surface area contributed by atoms with Crippen LogP contribution in [0.2, 0.25) is 0 Å². The second kappa shape index (κ2) is 8.64. The average molecular weight is 410 g/mol. The maximum absolute atomic E-state index is 10.5. The molecule has 0 amide bonds. The summed E-state index contributed by atoms with van der Waals surface area (Å²) in [5.41, 5.74) is 1.26. The first kappa shape index (κ1) is 20.8. The van der Waals surface area contributed by atoms with E-state index in [4.69, 9.17) is 4.74 Å². The lowest BCUT2D eigenvalue weighted by Gasteiger charge is -2.32. The number of nitrogens with zero attached hydrogens (tertiary/aromatic N) is 3. The number of aryl methyl sites for hydroxylation is 1. The smallest absolute Gasteiger partial charge is 0.225 e. The first-order valence-electron chi connectivity index (χ1n) is 9.85. The van der Waals surface area contributed by atoms with E-state index in [0.29, 0.717) is 6.04 Å². The molecule has 2 aromatic rings. The van der Waals surface area contributed by atoms with E-state index in [2.05, 4.69) is 29.0 Å². The van der Waals surface area contributed by atoms with Crippen molar-refractivity contribution in [2.75, 3.05) is 14.1 Å². The monoisotopic (exact) mass is 409 g/mol. The van der Waals surface area contributed by atoms with E-state index >= 15 is 0 Å². The molecule has 2 aliphatic carbocycles. The quantitative estimate of drug-likeness (QED) is 0.813. The molecule has 2 aliphatic rings. The van der Waals surface area contributed by atoms with E-state index in [1.54, 1.807) is 17.7 Å². The fraction of sp³-hybridized carbons (Fsp3) is 0.700.